The summed E-state index contributed by atoms with van der Waals surface area (Å²) in [4.78, 5) is 20.1. The second kappa shape index (κ2) is 5.02. The summed E-state index contributed by atoms with van der Waals surface area (Å²) in [6, 6.07) is 0.563. The molecule has 1 atom stereocenters. The number of carbonyl (C=O) groups excluding carboxylic acids is 1. The second-order valence-electron chi connectivity index (χ2n) is 2.25. The predicted molar refractivity (Wildman–Crippen MR) is 40.8 cm³/mol. The molecule has 0 amide bonds. The van der Waals surface area contributed by atoms with E-state index in [4.69, 9.17) is 5.26 Å². The van der Waals surface area contributed by atoms with Crippen LogP contribution in [0, 0.1) is 21.4 Å². The molecule has 5 nitrogen and oxygen atoms in total. The third-order valence-electron chi connectivity index (χ3n) is 1.16. The van der Waals surface area contributed by atoms with Gasteiger partial charge in [-0.2, -0.15) is 5.26 Å². The molecule has 5 heteroatoms. The lowest BCUT2D eigenvalue weighted by molar-refractivity contribution is -0.508. The predicted octanol–water partition coefficient (Wildman–Crippen LogP) is 0.691. The molecule has 0 aliphatic rings. The lowest BCUT2D eigenvalue weighted by Crippen LogP contribution is -2.19. The Hall–Kier alpha value is -1.70. The summed E-state index contributed by atoms with van der Waals surface area (Å²) in [7, 11) is 0. The Morgan fingerprint density at radius 1 is 1.83 bits per heavy atom. The highest BCUT2D eigenvalue weighted by atomic mass is 16.6. The largest absolute Gasteiger partial charge is 0.300 e. The molecule has 12 heavy (non-hydrogen) atoms. The zero-order chi connectivity index (χ0) is 9.56. The maximum absolute atomic E-state index is 10.5. The van der Waals surface area contributed by atoms with Crippen LogP contribution in [0.1, 0.15) is 13.3 Å². The maximum atomic E-state index is 10.5. The quantitative estimate of drug-likeness (QED) is 0.351. The summed E-state index contributed by atoms with van der Waals surface area (Å²) >= 11 is 0. The fraction of sp³-hybridized carbons (Fsp3) is 0.429. The fourth-order valence-corrected chi connectivity index (χ4v) is 0.661. The molecule has 0 aliphatic carbocycles. The zero-order valence-corrected chi connectivity index (χ0v) is 6.56. The van der Waals surface area contributed by atoms with Gasteiger partial charge in [-0.3, -0.25) is 14.9 Å². The van der Waals surface area contributed by atoms with Crippen LogP contribution in [0.2, 0.25) is 0 Å². The third-order valence-corrected chi connectivity index (χ3v) is 1.16. The van der Waals surface area contributed by atoms with Crippen LogP contribution < -0.4 is 0 Å². The summed E-state index contributed by atoms with van der Waals surface area (Å²) in [6.07, 6.45) is 1.96. The van der Waals surface area contributed by atoms with Gasteiger partial charge in [0.15, 0.2) is 0 Å². The molecule has 0 aromatic heterocycles. The first kappa shape index (κ1) is 10.3. The fourth-order valence-electron chi connectivity index (χ4n) is 0.661. The number of carbonyl (C=O) groups is 1. The molecule has 0 heterocycles. The lowest BCUT2D eigenvalue weighted by Gasteiger charge is -1.99. The molecule has 64 valence electrons. The Kier molecular flexibility index (Phi) is 4.31. The van der Waals surface area contributed by atoms with Gasteiger partial charge >= 0.3 is 0 Å². The van der Waals surface area contributed by atoms with Gasteiger partial charge in [0.05, 0.1) is 12.5 Å². The van der Waals surface area contributed by atoms with Gasteiger partial charge < -0.3 is 0 Å². The van der Waals surface area contributed by atoms with Crippen molar-refractivity contribution in [3.05, 3.63) is 22.3 Å². The van der Waals surface area contributed by atoms with Gasteiger partial charge in [0, 0.05) is 11.0 Å². The van der Waals surface area contributed by atoms with E-state index in [-0.39, 0.29) is 12.2 Å². The van der Waals surface area contributed by atoms with Crippen LogP contribution in [0.25, 0.3) is 0 Å². The van der Waals surface area contributed by atoms with Gasteiger partial charge in [0.1, 0.15) is 5.78 Å². The van der Waals surface area contributed by atoms with Crippen molar-refractivity contribution in [2.45, 2.75) is 19.4 Å². The molecule has 0 fully saturated rings. The van der Waals surface area contributed by atoms with E-state index in [1.807, 2.05) is 0 Å². The first-order chi connectivity index (χ1) is 5.57. The average Bonchev–Trinajstić information content (AvgIpc) is 1.96. The number of hydrogen-bond donors (Lipinski definition) is 0. The minimum absolute atomic E-state index is 0.162. The number of hydrogen-bond acceptors (Lipinski definition) is 4. The van der Waals surface area contributed by atoms with Crippen molar-refractivity contribution in [1.82, 2.24) is 0 Å². The number of Topliss-reactive ketones (excluding diaryl/α,β-unsaturated/α-hetero) is 1. The van der Waals surface area contributed by atoms with Crippen molar-refractivity contribution in [3.8, 4) is 6.07 Å². The minimum atomic E-state index is -1.07. The van der Waals surface area contributed by atoms with E-state index in [1.165, 1.54) is 6.92 Å². The topological polar surface area (TPSA) is 84.0 Å². The highest BCUT2D eigenvalue weighted by Gasteiger charge is 2.17. The van der Waals surface area contributed by atoms with Crippen LogP contribution in [-0.2, 0) is 4.79 Å². The van der Waals surface area contributed by atoms with Crippen LogP contribution in [0.3, 0.4) is 0 Å². The van der Waals surface area contributed by atoms with Crippen LogP contribution in [-0.4, -0.2) is 16.7 Å². The van der Waals surface area contributed by atoms with Gasteiger partial charge in [-0.15, -0.1) is 0 Å². The summed E-state index contributed by atoms with van der Waals surface area (Å²) < 4.78 is 0. The number of ketones is 1. The van der Waals surface area contributed by atoms with Crippen molar-refractivity contribution in [1.29, 1.82) is 5.26 Å². The Morgan fingerprint density at radius 2 is 2.42 bits per heavy atom. The Morgan fingerprint density at radius 3 is 2.75 bits per heavy atom. The number of rotatable bonds is 4. The standard InChI is InChI=1S/C7H8N2O3/c1-6(10)5-7(9(11)12)3-2-4-8/h2-3,7H,5H2,1H3/b3-2-. The number of allylic oxidation sites excluding steroid dienone is 1. The van der Waals surface area contributed by atoms with Gasteiger partial charge in [-0.1, -0.05) is 0 Å². The van der Waals surface area contributed by atoms with Crippen molar-refractivity contribution in [3.63, 3.8) is 0 Å². The smallest absolute Gasteiger partial charge is 0.239 e. The Balaban J connectivity index is 4.26. The molecule has 0 N–H and O–H groups in total. The third kappa shape index (κ3) is 4.17. The first-order valence-electron chi connectivity index (χ1n) is 3.27. The van der Waals surface area contributed by atoms with Crippen molar-refractivity contribution in [2.75, 3.05) is 0 Å². The van der Waals surface area contributed by atoms with E-state index in [2.05, 4.69) is 0 Å². The molecule has 0 aromatic carbocycles. The summed E-state index contributed by atoms with van der Waals surface area (Å²) in [6.45, 7) is 1.27. The van der Waals surface area contributed by atoms with Crippen LogP contribution in [0.5, 0.6) is 0 Å². The molecule has 0 spiro atoms. The zero-order valence-electron chi connectivity index (χ0n) is 6.56. The van der Waals surface area contributed by atoms with E-state index in [0.717, 1.165) is 12.2 Å². The highest BCUT2D eigenvalue weighted by Crippen LogP contribution is 1.99. The SMILES string of the molecule is CC(=O)CC(/C=C\C#N)[N+](=O)[O-]. The second-order valence-corrected chi connectivity index (χ2v) is 2.25. The molecule has 0 aliphatic heterocycles. The van der Waals surface area contributed by atoms with Crippen LogP contribution >= 0.6 is 0 Å². The van der Waals surface area contributed by atoms with Crippen LogP contribution in [0.4, 0.5) is 0 Å². The van der Waals surface area contributed by atoms with E-state index in [9.17, 15) is 14.9 Å². The molecule has 0 bridgehead atoms. The van der Waals surface area contributed by atoms with Crippen molar-refractivity contribution >= 4 is 5.78 Å². The van der Waals surface area contributed by atoms with Gasteiger partial charge in [-0.05, 0) is 13.0 Å². The molecular weight excluding hydrogens is 160 g/mol. The van der Waals surface area contributed by atoms with Gasteiger partial charge in [-0.25, -0.2) is 0 Å². The average molecular weight is 168 g/mol. The molecule has 0 saturated carbocycles. The van der Waals surface area contributed by atoms with Gasteiger partial charge in [0.2, 0.25) is 6.04 Å². The van der Waals surface area contributed by atoms with E-state index in [0.29, 0.717) is 0 Å². The van der Waals surface area contributed by atoms with Crippen LogP contribution in [0.15, 0.2) is 12.2 Å². The lowest BCUT2D eigenvalue weighted by atomic mass is 10.1. The monoisotopic (exact) mass is 168 g/mol. The maximum Gasteiger partial charge on any atom is 0.239 e. The summed E-state index contributed by atoms with van der Waals surface area (Å²) in [5.74, 6) is -0.265. The normalized spacial score (nSPS) is 12.3. The number of nitrogens with zero attached hydrogens (tertiary/aromatic N) is 2. The molecule has 1 unspecified atom stereocenters. The van der Waals surface area contributed by atoms with Crippen molar-refractivity contribution in [2.24, 2.45) is 0 Å². The molecular formula is C7H8N2O3. The molecule has 0 aromatic rings. The highest BCUT2D eigenvalue weighted by molar-refractivity contribution is 5.76. The van der Waals surface area contributed by atoms with Crippen molar-refractivity contribution < 1.29 is 9.72 Å². The number of nitriles is 1. The summed E-state index contributed by atoms with van der Waals surface area (Å²) in [5.41, 5.74) is 0. The molecule has 0 rings (SSSR count). The minimum Gasteiger partial charge on any atom is -0.300 e. The Bertz CT molecular complexity index is 252. The van der Waals surface area contributed by atoms with E-state index in [1.54, 1.807) is 6.07 Å². The molecule has 0 saturated heterocycles. The summed E-state index contributed by atoms with van der Waals surface area (Å²) in [5, 5.41) is 18.3. The first-order valence-corrected chi connectivity index (χ1v) is 3.27. The number of nitro groups is 1. The molecule has 0 radical (unpaired) electrons. The Labute approximate surface area is 69.4 Å². The van der Waals surface area contributed by atoms with E-state index >= 15 is 0 Å². The van der Waals surface area contributed by atoms with Gasteiger partial charge in [0.25, 0.3) is 0 Å². The van der Waals surface area contributed by atoms with E-state index < -0.39 is 11.0 Å².